The van der Waals surface area contributed by atoms with E-state index >= 15 is 0 Å². The highest BCUT2D eigenvalue weighted by atomic mass is 32.2. The molecule has 10 heteroatoms. The Morgan fingerprint density at radius 2 is 2.14 bits per heavy atom. The molecule has 2 amide bonds. The summed E-state index contributed by atoms with van der Waals surface area (Å²) < 4.78 is 43.6. The molecule has 0 saturated carbocycles. The van der Waals surface area contributed by atoms with E-state index in [0.717, 1.165) is 23.9 Å². The zero-order valence-corrected chi connectivity index (χ0v) is 15.6. The van der Waals surface area contributed by atoms with Gasteiger partial charge in [0, 0.05) is 12.1 Å². The van der Waals surface area contributed by atoms with Crippen LogP contribution in [-0.4, -0.2) is 17.6 Å². The number of nitrogens with zero attached hydrogens (tertiary/aromatic N) is 1. The molecule has 1 aliphatic heterocycles. The highest BCUT2D eigenvalue weighted by molar-refractivity contribution is 8.03. The number of thioether (sulfide) groups is 1. The molecule has 2 aromatic rings. The lowest BCUT2D eigenvalue weighted by Crippen LogP contribution is -2.31. The summed E-state index contributed by atoms with van der Waals surface area (Å²) in [6, 6.07) is 9.61. The summed E-state index contributed by atoms with van der Waals surface area (Å²) in [7, 11) is 0. The molecule has 0 radical (unpaired) electrons. The van der Waals surface area contributed by atoms with Crippen LogP contribution in [0.3, 0.4) is 0 Å². The number of carbonyl (C=O) groups excluding carboxylic acids is 2. The number of anilines is 1. The van der Waals surface area contributed by atoms with Crippen molar-refractivity contribution in [1.29, 1.82) is 5.26 Å². The fourth-order valence-corrected chi connectivity index (χ4v) is 3.65. The van der Waals surface area contributed by atoms with Crippen LogP contribution in [0.25, 0.3) is 0 Å². The Labute approximate surface area is 167 Å². The summed E-state index contributed by atoms with van der Waals surface area (Å²) in [5.74, 6) is -1.21. The van der Waals surface area contributed by atoms with Gasteiger partial charge in [-0.2, -0.15) is 18.4 Å². The molecule has 2 heterocycles. The van der Waals surface area contributed by atoms with Crippen molar-refractivity contribution in [2.45, 2.75) is 18.5 Å². The Morgan fingerprint density at radius 1 is 1.34 bits per heavy atom. The molecule has 2 N–H and O–H groups in total. The largest absolute Gasteiger partial charge is 0.469 e. The van der Waals surface area contributed by atoms with Crippen LogP contribution in [0.15, 0.2) is 57.7 Å². The molecular weight excluding hydrogens is 407 g/mol. The molecule has 29 heavy (non-hydrogen) atoms. The van der Waals surface area contributed by atoms with Gasteiger partial charge in [-0.05, 0) is 30.3 Å². The number of carbonyl (C=O) groups is 2. The fraction of sp³-hybridized carbons (Fsp3) is 0.211. The number of allylic oxidation sites excluding steroid dienone is 1. The first-order chi connectivity index (χ1) is 13.8. The normalized spacial score (nSPS) is 16.9. The highest BCUT2D eigenvalue weighted by Gasteiger charge is 2.32. The molecule has 0 aliphatic carbocycles. The number of nitrogens with one attached hydrogen (secondary N) is 2. The Bertz CT molecular complexity index is 994. The van der Waals surface area contributed by atoms with Gasteiger partial charge in [-0.3, -0.25) is 9.59 Å². The molecule has 1 aliphatic rings. The van der Waals surface area contributed by atoms with Gasteiger partial charge in [0.05, 0.1) is 40.2 Å². The third kappa shape index (κ3) is 5.00. The number of furan rings is 1. The Kier molecular flexibility index (Phi) is 5.98. The minimum Gasteiger partial charge on any atom is -0.469 e. The van der Waals surface area contributed by atoms with E-state index in [1.54, 1.807) is 12.1 Å². The maximum Gasteiger partial charge on any atom is 0.416 e. The van der Waals surface area contributed by atoms with Gasteiger partial charge < -0.3 is 15.1 Å². The first-order valence-electron chi connectivity index (χ1n) is 8.35. The van der Waals surface area contributed by atoms with E-state index in [0.29, 0.717) is 5.76 Å². The molecule has 0 unspecified atom stereocenters. The van der Waals surface area contributed by atoms with Gasteiger partial charge in [0.2, 0.25) is 11.8 Å². The lowest BCUT2D eigenvalue weighted by atomic mass is 9.92. The Morgan fingerprint density at radius 3 is 2.79 bits per heavy atom. The van der Waals surface area contributed by atoms with Crippen molar-refractivity contribution >= 4 is 29.3 Å². The van der Waals surface area contributed by atoms with Crippen LogP contribution in [0.5, 0.6) is 0 Å². The van der Waals surface area contributed by atoms with Crippen LogP contribution in [0.2, 0.25) is 0 Å². The molecule has 0 saturated heterocycles. The summed E-state index contributed by atoms with van der Waals surface area (Å²) in [4.78, 5) is 24.1. The average Bonchev–Trinajstić information content (AvgIpc) is 3.20. The van der Waals surface area contributed by atoms with Crippen molar-refractivity contribution in [2.24, 2.45) is 0 Å². The number of hydrogen-bond acceptors (Lipinski definition) is 5. The SMILES string of the molecule is N#CC1=C(SCC(=O)Nc2cccc(C(F)(F)F)c2)NC(=O)C[C@H]1c1ccco1. The van der Waals surface area contributed by atoms with Gasteiger partial charge >= 0.3 is 6.18 Å². The molecule has 1 aromatic heterocycles. The van der Waals surface area contributed by atoms with E-state index < -0.39 is 23.6 Å². The molecule has 1 atom stereocenters. The molecular formula is C19H14F3N3O3S. The van der Waals surface area contributed by atoms with Gasteiger partial charge in [0.1, 0.15) is 5.76 Å². The first-order valence-corrected chi connectivity index (χ1v) is 9.34. The zero-order chi connectivity index (χ0) is 21.0. The molecule has 0 bridgehead atoms. The Balaban J connectivity index is 1.70. The summed E-state index contributed by atoms with van der Waals surface area (Å²) >= 11 is 0.921. The number of hydrogen-bond donors (Lipinski definition) is 2. The highest BCUT2D eigenvalue weighted by Crippen LogP contribution is 2.36. The van der Waals surface area contributed by atoms with E-state index in [1.807, 2.05) is 6.07 Å². The van der Waals surface area contributed by atoms with E-state index in [-0.39, 0.29) is 34.4 Å². The minimum atomic E-state index is -4.52. The Hall–Kier alpha value is -3.19. The summed E-state index contributed by atoms with van der Waals surface area (Å²) in [6.45, 7) is 0. The quantitative estimate of drug-likeness (QED) is 0.761. The van der Waals surface area contributed by atoms with Gasteiger partial charge in [-0.15, -0.1) is 0 Å². The average molecular weight is 421 g/mol. The topological polar surface area (TPSA) is 95.1 Å². The van der Waals surface area contributed by atoms with Crippen molar-refractivity contribution in [3.8, 4) is 6.07 Å². The second-order valence-corrected chi connectivity index (χ2v) is 7.08. The summed E-state index contributed by atoms with van der Waals surface area (Å²) in [6.07, 6.45) is -3.04. The maximum absolute atomic E-state index is 12.8. The van der Waals surface area contributed by atoms with Gasteiger partial charge in [-0.25, -0.2) is 0 Å². The van der Waals surface area contributed by atoms with Crippen LogP contribution in [0.4, 0.5) is 18.9 Å². The smallest absolute Gasteiger partial charge is 0.416 e. The van der Waals surface area contributed by atoms with Crippen LogP contribution in [-0.2, 0) is 15.8 Å². The molecule has 0 spiro atoms. The fourth-order valence-electron chi connectivity index (χ4n) is 2.77. The minimum absolute atomic E-state index is 0.000975. The molecule has 6 nitrogen and oxygen atoms in total. The second-order valence-electron chi connectivity index (χ2n) is 6.09. The number of nitriles is 1. The van der Waals surface area contributed by atoms with E-state index in [4.69, 9.17) is 4.42 Å². The molecule has 3 rings (SSSR count). The van der Waals surface area contributed by atoms with E-state index in [9.17, 15) is 28.0 Å². The lowest BCUT2D eigenvalue weighted by molar-refractivity contribution is -0.137. The van der Waals surface area contributed by atoms with Crippen LogP contribution in [0.1, 0.15) is 23.7 Å². The van der Waals surface area contributed by atoms with E-state index in [1.165, 1.54) is 18.4 Å². The third-order valence-corrected chi connectivity index (χ3v) is 5.08. The zero-order valence-electron chi connectivity index (χ0n) is 14.7. The standard InChI is InChI=1S/C19H14F3N3O3S/c20-19(21,22)11-3-1-4-12(7-11)24-17(27)10-29-18-14(9-23)13(8-16(26)25-18)15-5-2-6-28-15/h1-7,13H,8,10H2,(H,24,27)(H,25,26)/t13-/m1/s1. The maximum atomic E-state index is 12.8. The van der Waals surface area contributed by atoms with Gasteiger partial charge in [-0.1, -0.05) is 17.8 Å². The molecule has 0 fully saturated rings. The molecule has 150 valence electrons. The lowest BCUT2D eigenvalue weighted by Gasteiger charge is -2.23. The first kappa shape index (κ1) is 20.5. The predicted octanol–water partition coefficient (Wildman–Crippen LogP) is 4.01. The van der Waals surface area contributed by atoms with Gasteiger partial charge in [0.15, 0.2) is 0 Å². The van der Waals surface area contributed by atoms with Crippen molar-refractivity contribution in [1.82, 2.24) is 5.32 Å². The van der Waals surface area contributed by atoms with Crippen molar-refractivity contribution in [3.63, 3.8) is 0 Å². The monoisotopic (exact) mass is 421 g/mol. The van der Waals surface area contributed by atoms with Crippen LogP contribution < -0.4 is 10.6 Å². The number of alkyl halides is 3. The van der Waals surface area contributed by atoms with Crippen LogP contribution in [0, 0.1) is 11.3 Å². The van der Waals surface area contributed by atoms with Gasteiger partial charge in [0.25, 0.3) is 0 Å². The summed E-state index contributed by atoms with van der Waals surface area (Å²) in [5, 5.41) is 14.7. The van der Waals surface area contributed by atoms with Crippen LogP contribution >= 0.6 is 11.8 Å². The van der Waals surface area contributed by atoms with Crippen molar-refractivity contribution in [2.75, 3.05) is 11.1 Å². The third-order valence-electron chi connectivity index (χ3n) is 4.06. The summed E-state index contributed by atoms with van der Waals surface area (Å²) in [5.41, 5.74) is -0.615. The predicted molar refractivity (Wildman–Crippen MR) is 99.4 cm³/mol. The van der Waals surface area contributed by atoms with E-state index in [2.05, 4.69) is 10.6 Å². The molecule has 1 aromatic carbocycles. The van der Waals surface area contributed by atoms with Crippen molar-refractivity contribution in [3.05, 3.63) is 64.6 Å². The number of benzene rings is 1. The second kappa shape index (κ2) is 8.45. The number of amides is 2. The van der Waals surface area contributed by atoms with Crippen molar-refractivity contribution < 1.29 is 27.2 Å². The number of rotatable bonds is 5. The number of halogens is 3.